The van der Waals surface area contributed by atoms with Crippen LogP contribution in [0.1, 0.15) is 24.6 Å². The van der Waals surface area contributed by atoms with Crippen molar-refractivity contribution in [2.24, 2.45) is 0 Å². The molecule has 0 aromatic carbocycles. The highest BCUT2D eigenvalue weighted by Crippen LogP contribution is 2.26. The Morgan fingerprint density at radius 2 is 2.38 bits per heavy atom. The molecule has 16 heavy (non-hydrogen) atoms. The largest absolute Gasteiger partial charge is 0.481 e. The Morgan fingerprint density at radius 1 is 1.44 bits per heavy atom. The maximum Gasteiger partial charge on any atom is 0.218 e. The molecule has 0 spiro atoms. The monoisotopic (exact) mass is 218 g/mol. The van der Waals surface area contributed by atoms with Crippen molar-refractivity contribution < 1.29 is 4.74 Å². The smallest absolute Gasteiger partial charge is 0.218 e. The standard InChI is InChI=1S/C11H14N4O/c1-16-11-7-12-6-10-14-5-9(15(10)11)8-3-2-4-13-8/h5-8,13H,2-4H2,1H3. The summed E-state index contributed by atoms with van der Waals surface area (Å²) in [6, 6.07) is 0.381. The van der Waals surface area contributed by atoms with Gasteiger partial charge in [-0.05, 0) is 19.4 Å². The molecular weight excluding hydrogens is 204 g/mol. The lowest BCUT2D eigenvalue weighted by Gasteiger charge is -2.11. The van der Waals surface area contributed by atoms with Crippen LogP contribution in [0.4, 0.5) is 0 Å². The van der Waals surface area contributed by atoms with Gasteiger partial charge in [0.15, 0.2) is 5.65 Å². The maximum atomic E-state index is 5.32. The molecule has 0 saturated carbocycles. The van der Waals surface area contributed by atoms with Gasteiger partial charge in [0.1, 0.15) is 0 Å². The van der Waals surface area contributed by atoms with Crippen LogP contribution < -0.4 is 10.1 Å². The highest BCUT2D eigenvalue weighted by molar-refractivity contribution is 5.42. The Kier molecular flexibility index (Phi) is 2.25. The third kappa shape index (κ3) is 1.36. The molecule has 1 atom stereocenters. The second-order valence-electron chi connectivity index (χ2n) is 3.98. The summed E-state index contributed by atoms with van der Waals surface area (Å²) >= 11 is 0. The Morgan fingerprint density at radius 3 is 3.12 bits per heavy atom. The first kappa shape index (κ1) is 9.59. The molecule has 1 fully saturated rings. The fourth-order valence-corrected chi connectivity index (χ4v) is 2.26. The van der Waals surface area contributed by atoms with E-state index in [1.54, 1.807) is 19.5 Å². The average molecular weight is 218 g/mol. The molecule has 84 valence electrons. The molecule has 3 heterocycles. The van der Waals surface area contributed by atoms with Gasteiger partial charge in [-0.15, -0.1) is 0 Å². The number of hydrogen-bond donors (Lipinski definition) is 1. The quantitative estimate of drug-likeness (QED) is 0.822. The fourth-order valence-electron chi connectivity index (χ4n) is 2.26. The van der Waals surface area contributed by atoms with E-state index < -0.39 is 0 Å². The van der Waals surface area contributed by atoms with Crippen molar-refractivity contribution in [3.63, 3.8) is 0 Å². The van der Waals surface area contributed by atoms with Crippen LogP contribution >= 0.6 is 0 Å². The molecule has 5 nitrogen and oxygen atoms in total. The van der Waals surface area contributed by atoms with Gasteiger partial charge in [-0.1, -0.05) is 0 Å². The number of nitrogens with zero attached hydrogens (tertiary/aromatic N) is 3. The summed E-state index contributed by atoms with van der Waals surface area (Å²) < 4.78 is 7.34. The number of rotatable bonds is 2. The van der Waals surface area contributed by atoms with E-state index in [2.05, 4.69) is 15.3 Å². The van der Waals surface area contributed by atoms with Crippen molar-refractivity contribution in [1.29, 1.82) is 0 Å². The highest BCUT2D eigenvalue weighted by atomic mass is 16.5. The van der Waals surface area contributed by atoms with E-state index in [9.17, 15) is 0 Å². The molecule has 2 aromatic rings. The Bertz CT molecular complexity index is 502. The first-order valence-electron chi connectivity index (χ1n) is 5.49. The van der Waals surface area contributed by atoms with Gasteiger partial charge < -0.3 is 10.1 Å². The minimum atomic E-state index is 0.381. The molecule has 0 amide bonds. The van der Waals surface area contributed by atoms with Crippen LogP contribution in [0, 0.1) is 0 Å². The molecule has 1 aliphatic rings. The zero-order chi connectivity index (χ0) is 11.0. The number of aromatic nitrogens is 3. The summed E-state index contributed by atoms with van der Waals surface area (Å²) in [5.41, 5.74) is 2.00. The van der Waals surface area contributed by atoms with Crippen molar-refractivity contribution in [1.82, 2.24) is 19.7 Å². The van der Waals surface area contributed by atoms with E-state index in [1.165, 1.54) is 6.42 Å². The van der Waals surface area contributed by atoms with Crippen LogP contribution in [0.15, 0.2) is 18.6 Å². The second kappa shape index (κ2) is 3.75. The van der Waals surface area contributed by atoms with Crippen LogP contribution in [-0.2, 0) is 0 Å². The van der Waals surface area contributed by atoms with Crippen molar-refractivity contribution >= 4 is 5.65 Å². The molecule has 1 saturated heterocycles. The van der Waals surface area contributed by atoms with Crippen LogP contribution in [0.2, 0.25) is 0 Å². The molecule has 5 heteroatoms. The van der Waals surface area contributed by atoms with Crippen molar-refractivity contribution in [3.05, 3.63) is 24.3 Å². The summed E-state index contributed by atoms with van der Waals surface area (Å²) in [4.78, 5) is 8.45. The molecule has 0 aliphatic carbocycles. The SMILES string of the molecule is COc1cncc2ncc(C3CCCN3)n12. The summed E-state index contributed by atoms with van der Waals surface area (Å²) in [5, 5.41) is 3.47. The summed E-state index contributed by atoms with van der Waals surface area (Å²) in [7, 11) is 1.66. The fraction of sp³-hybridized carbons (Fsp3) is 0.455. The van der Waals surface area contributed by atoms with Gasteiger partial charge in [0.2, 0.25) is 5.88 Å². The topological polar surface area (TPSA) is 51.5 Å². The summed E-state index contributed by atoms with van der Waals surface area (Å²) in [5.74, 6) is 0.735. The third-order valence-electron chi connectivity index (χ3n) is 3.04. The zero-order valence-electron chi connectivity index (χ0n) is 9.18. The van der Waals surface area contributed by atoms with Crippen molar-refractivity contribution in [2.75, 3.05) is 13.7 Å². The lowest BCUT2D eigenvalue weighted by Crippen LogP contribution is -2.15. The van der Waals surface area contributed by atoms with Gasteiger partial charge in [0, 0.05) is 6.04 Å². The minimum Gasteiger partial charge on any atom is -0.481 e. The number of nitrogens with one attached hydrogen (secondary N) is 1. The zero-order valence-corrected chi connectivity index (χ0v) is 9.18. The first-order chi connectivity index (χ1) is 7.90. The third-order valence-corrected chi connectivity index (χ3v) is 3.04. The van der Waals surface area contributed by atoms with Crippen LogP contribution in [-0.4, -0.2) is 28.0 Å². The maximum absolute atomic E-state index is 5.32. The normalized spacial score (nSPS) is 20.4. The second-order valence-corrected chi connectivity index (χ2v) is 3.98. The summed E-state index contributed by atoms with van der Waals surface area (Å²) in [6.45, 7) is 1.07. The van der Waals surface area contributed by atoms with E-state index in [0.29, 0.717) is 6.04 Å². The molecular formula is C11H14N4O. The van der Waals surface area contributed by atoms with Crippen molar-refractivity contribution in [2.45, 2.75) is 18.9 Å². The van der Waals surface area contributed by atoms with Gasteiger partial charge in [-0.25, -0.2) is 4.98 Å². The highest BCUT2D eigenvalue weighted by Gasteiger charge is 2.21. The number of ether oxygens (including phenoxy) is 1. The van der Waals surface area contributed by atoms with E-state index in [0.717, 1.165) is 30.2 Å². The van der Waals surface area contributed by atoms with E-state index in [1.807, 2.05) is 10.6 Å². The number of methoxy groups -OCH3 is 1. The molecule has 3 rings (SSSR count). The van der Waals surface area contributed by atoms with Gasteiger partial charge >= 0.3 is 0 Å². The Labute approximate surface area is 93.5 Å². The predicted octanol–water partition coefficient (Wildman–Crippen LogP) is 1.16. The lowest BCUT2D eigenvalue weighted by atomic mass is 10.2. The van der Waals surface area contributed by atoms with Crippen LogP contribution in [0.25, 0.3) is 5.65 Å². The predicted molar refractivity (Wildman–Crippen MR) is 59.5 cm³/mol. The number of fused-ring (bicyclic) bond motifs is 1. The minimum absolute atomic E-state index is 0.381. The van der Waals surface area contributed by atoms with Gasteiger partial charge in [-0.2, -0.15) is 0 Å². The van der Waals surface area contributed by atoms with Crippen LogP contribution in [0.3, 0.4) is 0 Å². The van der Waals surface area contributed by atoms with E-state index in [4.69, 9.17) is 4.74 Å². The Hall–Kier alpha value is -1.62. The van der Waals surface area contributed by atoms with Gasteiger partial charge in [0.25, 0.3) is 0 Å². The number of hydrogen-bond acceptors (Lipinski definition) is 4. The van der Waals surface area contributed by atoms with E-state index in [-0.39, 0.29) is 0 Å². The van der Waals surface area contributed by atoms with Crippen LogP contribution in [0.5, 0.6) is 5.88 Å². The number of imidazole rings is 1. The van der Waals surface area contributed by atoms with E-state index >= 15 is 0 Å². The van der Waals surface area contributed by atoms with Gasteiger partial charge in [-0.3, -0.25) is 9.38 Å². The molecule has 1 aliphatic heterocycles. The summed E-state index contributed by atoms with van der Waals surface area (Å²) in [6.07, 6.45) is 7.74. The molecule has 2 aromatic heterocycles. The Balaban J connectivity index is 2.16. The molecule has 1 N–H and O–H groups in total. The molecule has 0 bridgehead atoms. The average Bonchev–Trinajstić information content (AvgIpc) is 2.96. The first-order valence-corrected chi connectivity index (χ1v) is 5.49. The molecule has 0 radical (unpaired) electrons. The van der Waals surface area contributed by atoms with Crippen molar-refractivity contribution in [3.8, 4) is 5.88 Å². The molecule has 1 unspecified atom stereocenters. The lowest BCUT2D eigenvalue weighted by molar-refractivity contribution is 0.386. The van der Waals surface area contributed by atoms with Gasteiger partial charge in [0.05, 0.1) is 31.4 Å².